The van der Waals surface area contributed by atoms with E-state index >= 15 is 0 Å². The molecule has 28 heavy (non-hydrogen) atoms. The van der Waals surface area contributed by atoms with Gasteiger partial charge < -0.3 is 10.1 Å². The normalized spacial score (nSPS) is 10.8. The Labute approximate surface area is 158 Å². The summed E-state index contributed by atoms with van der Waals surface area (Å²) >= 11 is 0. The van der Waals surface area contributed by atoms with Crippen molar-refractivity contribution in [3.63, 3.8) is 0 Å². The Morgan fingerprint density at radius 1 is 1.14 bits per heavy atom. The van der Waals surface area contributed by atoms with Gasteiger partial charge in [0.1, 0.15) is 18.2 Å². The maximum atomic E-state index is 13.4. The summed E-state index contributed by atoms with van der Waals surface area (Å²) in [7, 11) is -4.08. The fourth-order valence-corrected chi connectivity index (χ4v) is 2.96. The van der Waals surface area contributed by atoms with E-state index in [1.54, 1.807) is 6.07 Å². The second kappa shape index (κ2) is 9.03. The molecule has 0 unspecified atom stereocenters. The van der Waals surface area contributed by atoms with Crippen LogP contribution in [0.15, 0.2) is 47.4 Å². The summed E-state index contributed by atoms with van der Waals surface area (Å²) in [5.74, 6) is -3.67. The summed E-state index contributed by atoms with van der Waals surface area (Å²) in [5, 5.41) is 10.8. The first-order valence-electron chi connectivity index (χ1n) is 7.61. The number of halogens is 2. The maximum Gasteiger partial charge on any atom is 0.321 e. The summed E-state index contributed by atoms with van der Waals surface area (Å²) in [6.07, 6.45) is 0. The van der Waals surface area contributed by atoms with Crippen molar-refractivity contribution in [2.75, 3.05) is 18.5 Å². The van der Waals surface area contributed by atoms with Crippen LogP contribution in [0.5, 0.6) is 0 Å². The lowest BCUT2D eigenvalue weighted by molar-refractivity contribution is -0.146. The minimum absolute atomic E-state index is 0.117. The van der Waals surface area contributed by atoms with Crippen molar-refractivity contribution in [3.8, 4) is 6.07 Å². The van der Waals surface area contributed by atoms with Gasteiger partial charge in [0.15, 0.2) is 6.61 Å². The summed E-state index contributed by atoms with van der Waals surface area (Å²) in [6, 6.07) is 9.34. The molecule has 146 valence electrons. The Morgan fingerprint density at radius 3 is 2.61 bits per heavy atom. The van der Waals surface area contributed by atoms with Gasteiger partial charge in [0, 0.05) is 6.07 Å². The molecule has 2 N–H and O–H groups in total. The predicted octanol–water partition coefficient (Wildman–Crippen LogP) is 1.30. The Balaban J connectivity index is 1.86. The Morgan fingerprint density at radius 2 is 1.89 bits per heavy atom. The number of anilines is 1. The second-order valence-electron chi connectivity index (χ2n) is 5.30. The van der Waals surface area contributed by atoms with Gasteiger partial charge in [-0.3, -0.25) is 9.59 Å². The number of ether oxygens (including phenoxy) is 1. The molecule has 0 radical (unpaired) electrons. The van der Waals surface area contributed by atoms with Gasteiger partial charge >= 0.3 is 5.97 Å². The van der Waals surface area contributed by atoms with Crippen LogP contribution >= 0.6 is 0 Å². The number of sulfonamides is 1. The summed E-state index contributed by atoms with van der Waals surface area (Å²) in [6.45, 7) is -1.61. The summed E-state index contributed by atoms with van der Waals surface area (Å²) < 4.78 is 57.1. The van der Waals surface area contributed by atoms with Crippen molar-refractivity contribution < 1.29 is 31.5 Å². The van der Waals surface area contributed by atoms with Crippen molar-refractivity contribution in [1.82, 2.24) is 4.72 Å². The first kappa shape index (κ1) is 20.9. The van der Waals surface area contributed by atoms with Crippen molar-refractivity contribution >= 4 is 27.6 Å². The van der Waals surface area contributed by atoms with Gasteiger partial charge in [-0.05, 0) is 30.3 Å². The molecule has 0 aliphatic rings. The van der Waals surface area contributed by atoms with E-state index in [0.29, 0.717) is 0 Å². The molecule has 0 fully saturated rings. The third-order valence-electron chi connectivity index (χ3n) is 3.25. The number of rotatable bonds is 7. The van der Waals surface area contributed by atoms with E-state index in [-0.39, 0.29) is 10.5 Å². The number of benzene rings is 2. The molecule has 0 saturated carbocycles. The monoisotopic (exact) mass is 409 g/mol. The quantitative estimate of drug-likeness (QED) is 0.664. The molecule has 0 atom stereocenters. The topological polar surface area (TPSA) is 125 Å². The number of nitrogens with zero attached hydrogens (tertiary/aromatic N) is 1. The smallest absolute Gasteiger partial charge is 0.321 e. The minimum atomic E-state index is -4.08. The number of esters is 1. The van der Waals surface area contributed by atoms with Gasteiger partial charge in [-0.25, -0.2) is 17.2 Å². The molecule has 2 rings (SSSR count). The molecule has 0 bridgehead atoms. The average Bonchev–Trinajstić information content (AvgIpc) is 2.67. The highest BCUT2D eigenvalue weighted by Crippen LogP contribution is 2.15. The van der Waals surface area contributed by atoms with Gasteiger partial charge in [0.05, 0.1) is 22.2 Å². The average molecular weight is 409 g/mol. The molecule has 0 aliphatic heterocycles. The number of carbonyl (C=O) groups is 2. The highest BCUT2D eigenvalue weighted by Gasteiger charge is 2.17. The molecule has 2 aromatic rings. The first-order valence-corrected chi connectivity index (χ1v) is 9.10. The van der Waals surface area contributed by atoms with E-state index in [2.05, 4.69) is 4.74 Å². The van der Waals surface area contributed by atoms with E-state index in [9.17, 15) is 26.8 Å². The lowest BCUT2D eigenvalue weighted by atomic mass is 10.2. The molecular formula is C17H13F2N3O5S. The van der Waals surface area contributed by atoms with Crippen LogP contribution in [0.2, 0.25) is 0 Å². The van der Waals surface area contributed by atoms with Crippen molar-refractivity contribution in [3.05, 3.63) is 59.7 Å². The number of nitrogens with one attached hydrogen (secondary N) is 2. The zero-order valence-corrected chi connectivity index (χ0v) is 14.9. The first-order chi connectivity index (χ1) is 13.2. The molecule has 0 spiro atoms. The van der Waals surface area contributed by atoms with Crippen LogP contribution in [0.3, 0.4) is 0 Å². The molecule has 0 aliphatic carbocycles. The Kier molecular flexibility index (Phi) is 6.75. The van der Waals surface area contributed by atoms with Crippen LogP contribution in [0.4, 0.5) is 14.5 Å². The molecule has 11 heteroatoms. The van der Waals surface area contributed by atoms with Gasteiger partial charge in [0.25, 0.3) is 5.91 Å². The maximum absolute atomic E-state index is 13.4. The Hall–Kier alpha value is -3.36. The predicted molar refractivity (Wildman–Crippen MR) is 92.3 cm³/mol. The van der Waals surface area contributed by atoms with E-state index < -0.39 is 52.4 Å². The van der Waals surface area contributed by atoms with E-state index in [1.165, 1.54) is 18.2 Å². The molecule has 1 amide bonds. The van der Waals surface area contributed by atoms with Crippen LogP contribution in [0, 0.1) is 23.0 Å². The number of hydrogen-bond acceptors (Lipinski definition) is 6. The number of nitriles is 1. The lowest BCUT2D eigenvalue weighted by Crippen LogP contribution is -2.32. The van der Waals surface area contributed by atoms with Crippen LogP contribution in [0.1, 0.15) is 5.56 Å². The van der Waals surface area contributed by atoms with Crippen LogP contribution in [-0.4, -0.2) is 33.4 Å². The van der Waals surface area contributed by atoms with Gasteiger partial charge in [-0.1, -0.05) is 6.07 Å². The molecule has 0 aromatic heterocycles. The van der Waals surface area contributed by atoms with Crippen LogP contribution < -0.4 is 10.0 Å². The third kappa shape index (κ3) is 5.83. The molecule has 0 saturated heterocycles. The zero-order chi connectivity index (χ0) is 20.7. The SMILES string of the molecule is N#Cc1cccc(S(=O)(=O)NCC(=O)OCC(=O)Nc2cc(F)ccc2F)c1. The van der Waals surface area contributed by atoms with Gasteiger partial charge in [-0.15, -0.1) is 0 Å². The van der Waals surface area contributed by atoms with Crippen molar-refractivity contribution in [2.24, 2.45) is 0 Å². The van der Waals surface area contributed by atoms with E-state index in [0.717, 1.165) is 24.3 Å². The van der Waals surface area contributed by atoms with Crippen LogP contribution in [0.25, 0.3) is 0 Å². The van der Waals surface area contributed by atoms with Crippen molar-refractivity contribution in [1.29, 1.82) is 5.26 Å². The lowest BCUT2D eigenvalue weighted by Gasteiger charge is -2.09. The second-order valence-corrected chi connectivity index (χ2v) is 7.06. The fourth-order valence-electron chi connectivity index (χ4n) is 1.95. The molecular weight excluding hydrogens is 396 g/mol. The van der Waals surface area contributed by atoms with Gasteiger partial charge in [-0.2, -0.15) is 9.98 Å². The highest BCUT2D eigenvalue weighted by atomic mass is 32.2. The van der Waals surface area contributed by atoms with Crippen LogP contribution in [-0.2, 0) is 24.3 Å². The molecule has 2 aromatic carbocycles. The molecule has 8 nitrogen and oxygen atoms in total. The van der Waals surface area contributed by atoms with Crippen molar-refractivity contribution in [2.45, 2.75) is 4.90 Å². The minimum Gasteiger partial charge on any atom is -0.455 e. The zero-order valence-electron chi connectivity index (χ0n) is 14.1. The fraction of sp³-hybridized carbons (Fsp3) is 0.118. The van der Waals surface area contributed by atoms with E-state index in [4.69, 9.17) is 5.26 Å². The standard InChI is InChI=1S/C17H13F2N3O5S/c18-12-4-5-14(19)15(7-12)22-16(23)10-27-17(24)9-21-28(25,26)13-3-1-2-11(6-13)8-20/h1-7,21H,9-10H2,(H,22,23). The number of amides is 1. The summed E-state index contributed by atoms with van der Waals surface area (Å²) in [4.78, 5) is 23.0. The van der Waals surface area contributed by atoms with E-state index in [1.807, 2.05) is 10.0 Å². The third-order valence-corrected chi connectivity index (χ3v) is 4.65. The Bertz CT molecular complexity index is 1050. The number of carbonyl (C=O) groups excluding carboxylic acids is 2. The largest absolute Gasteiger partial charge is 0.455 e. The summed E-state index contributed by atoms with van der Waals surface area (Å²) in [5.41, 5.74) is -0.314. The number of hydrogen-bond donors (Lipinski definition) is 2. The highest BCUT2D eigenvalue weighted by molar-refractivity contribution is 7.89. The van der Waals surface area contributed by atoms with Gasteiger partial charge in [0.2, 0.25) is 10.0 Å². The molecule has 0 heterocycles.